The first-order valence-corrected chi connectivity index (χ1v) is 7.69. The van der Waals surface area contributed by atoms with E-state index >= 15 is 0 Å². The number of nitrogens with two attached hydrogens (primary N) is 1. The van der Waals surface area contributed by atoms with E-state index < -0.39 is 11.7 Å². The zero-order valence-electron chi connectivity index (χ0n) is 12.9. The van der Waals surface area contributed by atoms with Gasteiger partial charge in [-0.2, -0.15) is 4.99 Å². The standard InChI is InChI=1S/C16H14Cl2FN3O2/c1-8(2)24-14-11(17)5-9(6-12(14)18)16(23)22-15(20)13-4-3-10(19)7-21-13/h3-8H,1-2H3,(H2,20,22,23). The molecule has 0 aliphatic carbocycles. The third-order valence-electron chi connectivity index (χ3n) is 2.81. The molecular formula is C16H14Cl2FN3O2. The van der Waals surface area contributed by atoms with Gasteiger partial charge < -0.3 is 10.5 Å². The Bertz CT molecular complexity index is 769. The number of hydrogen-bond donors (Lipinski definition) is 1. The predicted molar refractivity (Wildman–Crippen MR) is 91.5 cm³/mol. The van der Waals surface area contributed by atoms with Crippen LogP contribution >= 0.6 is 23.2 Å². The van der Waals surface area contributed by atoms with Crippen LogP contribution in [0.5, 0.6) is 5.75 Å². The van der Waals surface area contributed by atoms with Gasteiger partial charge in [0, 0.05) is 5.56 Å². The fourth-order valence-electron chi connectivity index (χ4n) is 1.79. The number of aromatic nitrogens is 1. The summed E-state index contributed by atoms with van der Waals surface area (Å²) in [6.07, 6.45) is 0.855. The van der Waals surface area contributed by atoms with Crippen LogP contribution in [0.15, 0.2) is 35.5 Å². The van der Waals surface area contributed by atoms with Gasteiger partial charge in [-0.3, -0.25) is 4.79 Å². The van der Waals surface area contributed by atoms with Crippen LogP contribution in [0.2, 0.25) is 10.0 Å². The molecule has 126 valence electrons. The molecule has 1 amide bonds. The average Bonchev–Trinajstić information content (AvgIpc) is 2.51. The smallest absolute Gasteiger partial charge is 0.279 e. The SMILES string of the molecule is CC(C)Oc1c(Cl)cc(C(=O)N=C(N)c2ccc(F)cn2)cc1Cl. The Morgan fingerprint density at radius 1 is 1.29 bits per heavy atom. The first-order valence-electron chi connectivity index (χ1n) is 6.94. The number of nitrogens with zero attached hydrogens (tertiary/aromatic N) is 2. The van der Waals surface area contributed by atoms with E-state index in [0.29, 0.717) is 5.75 Å². The molecule has 0 spiro atoms. The van der Waals surface area contributed by atoms with E-state index in [0.717, 1.165) is 6.20 Å². The van der Waals surface area contributed by atoms with Crippen molar-refractivity contribution in [3.05, 3.63) is 57.6 Å². The number of benzene rings is 1. The van der Waals surface area contributed by atoms with E-state index in [2.05, 4.69) is 9.98 Å². The highest BCUT2D eigenvalue weighted by Crippen LogP contribution is 2.35. The minimum absolute atomic E-state index is 0.125. The average molecular weight is 370 g/mol. The Balaban J connectivity index is 2.29. The number of rotatable bonds is 4. The van der Waals surface area contributed by atoms with Crippen LogP contribution in [0.4, 0.5) is 4.39 Å². The summed E-state index contributed by atoms with van der Waals surface area (Å²) in [5, 5.41) is 0.376. The van der Waals surface area contributed by atoms with E-state index in [4.69, 9.17) is 33.7 Å². The number of carbonyl (C=O) groups is 1. The molecule has 0 aliphatic heterocycles. The maximum absolute atomic E-state index is 12.8. The summed E-state index contributed by atoms with van der Waals surface area (Å²) < 4.78 is 18.3. The van der Waals surface area contributed by atoms with E-state index in [9.17, 15) is 9.18 Å². The van der Waals surface area contributed by atoms with Crippen LogP contribution in [0.3, 0.4) is 0 Å². The molecule has 8 heteroatoms. The number of amidine groups is 1. The molecule has 0 radical (unpaired) electrons. The molecule has 24 heavy (non-hydrogen) atoms. The molecule has 1 heterocycles. The summed E-state index contributed by atoms with van der Waals surface area (Å²) >= 11 is 12.2. The molecule has 2 aromatic rings. The van der Waals surface area contributed by atoms with Gasteiger partial charge in [0.2, 0.25) is 0 Å². The first kappa shape index (κ1) is 18.2. The third kappa shape index (κ3) is 4.43. The van der Waals surface area contributed by atoms with Crippen LogP contribution in [-0.2, 0) is 0 Å². The second kappa shape index (κ2) is 7.59. The van der Waals surface area contributed by atoms with Gasteiger partial charge in [0.05, 0.1) is 22.3 Å². The van der Waals surface area contributed by atoms with Crippen LogP contribution in [0.25, 0.3) is 0 Å². The van der Waals surface area contributed by atoms with Crippen LogP contribution in [-0.4, -0.2) is 22.8 Å². The van der Waals surface area contributed by atoms with Crippen molar-refractivity contribution >= 4 is 34.9 Å². The number of amides is 1. The van der Waals surface area contributed by atoms with Gasteiger partial charge in [-0.1, -0.05) is 23.2 Å². The van der Waals surface area contributed by atoms with Crippen molar-refractivity contribution in [1.82, 2.24) is 4.98 Å². The molecule has 0 bridgehead atoms. The zero-order valence-corrected chi connectivity index (χ0v) is 14.4. The van der Waals surface area contributed by atoms with Crippen molar-refractivity contribution in [2.75, 3.05) is 0 Å². The number of hydrogen-bond acceptors (Lipinski definition) is 3. The summed E-state index contributed by atoms with van der Waals surface area (Å²) in [5.74, 6) is -1.02. The summed E-state index contributed by atoms with van der Waals surface area (Å²) in [4.78, 5) is 19.7. The van der Waals surface area contributed by atoms with Gasteiger partial charge in [0.15, 0.2) is 11.6 Å². The number of carbonyl (C=O) groups excluding carboxylic acids is 1. The number of aliphatic imine (C=N–C) groups is 1. The fourth-order valence-corrected chi connectivity index (χ4v) is 2.37. The van der Waals surface area contributed by atoms with E-state index in [1.165, 1.54) is 24.3 Å². The maximum atomic E-state index is 12.8. The van der Waals surface area contributed by atoms with Crippen molar-refractivity contribution in [3.8, 4) is 5.75 Å². The summed E-state index contributed by atoms with van der Waals surface area (Å²) in [5.41, 5.74) is 6.04. The fraction of sp³-hybridized carbons (Fsp3) is 0.188. The molecule has 5 nitrogen and oxygen atoms in total. The molecular weight excluding hydrogens is 356 g/mol. The first-order chi connectivity index (χ1) is 11.3. The van der Waals surface area contributed by atoms with Crippen molar-refractivity contribution in [3.63, 3.8) is 0 Å². The number of halogens is 3. The molecule has 1 aromatic carbocycles. The Hall–Kier alpha value is -2.18. The summed E-state index contributed by atoms with van der Waals surface area (Å²) in [6, 6.07) is 5.27. The lowest BCUT2D eigenvalue weighted by Crippen LogP contribution is -2.17. The van der Waals surface area contributed by atoms with Crippen LogP contribution in [0.1, 0.15) is 29.9 Å². The number of ether oxygens (including phenoxy) is 1. The Morgan fingerprint density at radius 3 is 2.42 bits per heavy atom. The largest absolute Gasteiger partial charge is 0.488 e. The summed E-state index contributed by atoms with van der Waals surface area (Å²) in [7, 11) is 0. The molecule has 2 rings (SSSR count). The predicted octanol–water partition coefficient (Wildman–Crippen LogP) is 3.86. The minimum Gasteiger partial charge on any atom is -0.488 e. The molecule has 0 saturated heterocycles. The quantitative estimate of drug-likeness (QED) is 0.655. The highest BCUT2D eigenvalue weighted by Gasteiger charge is 2.15. The van der Waals surface area contributed by atoms with Crippen molar-refractivity contribution in [2.24, 2.45) is 10.7 Å². The van der Waals surface area contributed by atoms with Crippen LogP contribution < -0.4 is 10.5 Å². The van der Waals surface area contributed by atoms with Crippen LogP contribution in [0, 0.1) is 5.82 Å². The molecule has 0 atom stereocenters. The number of pyridine rings is 1. The van der Waals surface area contributed by atoms with Crippen molar-refractivity contribution < 1.29 is 13.9 Å². The third-order valence-corrected chi connectivity index (χ3v) is 3.37. The Kier molecular flexibility index (Phi) is 5.75. The highest BCUT2D eigenvalue weighted by molar-refractivity contribution is 6.37. The molecule has 0 saturated carbocycles. The normalized spacial score (nSPS) is 11.7. The second-order valence-corrected chi connectivity index (χ2v) is 5.91. The molecule has 0 aliphatic rings. The van der Waals surface area contributed by atoms with Crippen molar-refractivity contribution in [2.45, 2.75) is 20.0 Å². The zero-order chi connectivity index (χ0) is 17.9. The summed E-state index contributed by atoms with van der Waals surface area (Å²) in [6.45, 7) is 3.65. The molecule has 2 N–H and O–H groups in total. The lowest BCUT2D eigenvalue weighted by atomic mass is 10.2. The lowest BCUT2D eigenvalue weighted by molar-refractivity contribution is 0.100. The van der Waals surface area contributed by atoms with Crippen molar-refractivity contribution in [1.29, 1.82) is 0 Å². The second-order valence-electron chi connectivity index (χ2n) is 5.10. The van der Waals surface area contributed by atoms with E-state index in [-0.39, 0.29) is 33.2 Å². The maximum Gasteiger partial charge on any atom is 0.279 e. The van der Waals surface area contributed by atoms with E-state index in [1.807, 2.05) is 13.8 Å². The van der Waals surface area contributed by atoms with Gasteiger partial charge in [-0.25, -0.2) is 9.37 Å². The van der Waals surface area contributed by atoms with E-state index in [1.54, 1.807) is 0 Å². The molecule has 1 aromatic heterocycles. The minimum atomic E-state index is -0.654. The van der Waals surface area contributed by atoms with Gasteiger partial charge in [-0.15, -0.1) is 0 Å². The monoisotopic (exact) mass is 369 g/mol. The van der Waals surface area contributed by atoms with Gasteiger partial charge in [0.1, 0.15) is 11.5 Å². The lowest BCUT2D eigenvalue weighted by Gasteiger charge is -2.13. The highest BCUT2D eigenvalue weighted by atomic mass is 35.5. The van der Waals surface area contributed by atoms with Gasteiger partial charge in [-0.05, 0) is 38.1 Å². The topological polar surface area (TPSA) is 77.6 Å². The Labute approximate surface area is 148 Å². The molecule has 0 fully saturated rings. The Morgan fingerprint density at radius 2 is 1.92 bits per heavy atom. The van der Waals surface area contributed by atoms with Gasteiger partial charge >= 0.3 is 0 Å². The van der Waals surface area contributed by atoms with Gasteiger partial charge in [0.25, 0.3) is 5.91 Å². The molecule has 0 unspecified atom stereocenters.